The number of aromatic nitrogens is 8. The molecule has 57 heavy (non-hydrogen) atoms. The smallest absolute Gasteiger partial charge is 0.457 e. The summed E-state index contributed by atoms with van der Waals surface area (Å²) in [6.45, 7) is 1.43. The normalized spacial score (nSPS) is 8.56. The average molecular weight is 820 g/mol. The predicted octanol–water partition coefficient (Wildman–Crippen LogP) is 7.43. The number of nitrogens with one attached hydrogen (secondary N) is 4. The van der Waals surface area contributed by atoms with E-state index in [1.165, 1.54) is 29.2 Å². The summed E-state index contributed by atoms with van der Waals surface area (Å²) in [5.74, 6) is 0. The minimum atomic E-state index is -1.75. The summed E-state index contributed by atoms with van der Waals surface area (Å²) >= 11 is 0. The van der Waals surface area contributed by atoms with E-state index in [1.807, 2.05) is 146 Å². The van der Waals surface area contributed by atoms with Crippen LogP contribution in [0.5, 0.6) is 0 Å². The fourth-order valence-corrected chi connectivity index (χ4v) is 4.13. The predicted molar refractivity (Wildman–Crippen MR) is 213 cm³/mol. The molecule has 0 saturated heterocycles. The number of benzene rings is 4. The number of nitrogens with zero attached hydrogens (tertiary/aromatic N) is 7. The molecule has 7 N–H and O–H groups in total. The van der Waals surface area contributed by atoms with Gasteiger partial charge in [0, 0.05) is 6.92 Å². The van der Waals surface area contributed by atoms with Crippen LogP contribution in [0.25, 0.3) is 45.0 Å². The molecular formula is C38H38CoN11O7+. The SMILES string of the molecule is CC#N.O=[N+]([O-])[O-].O=[N+]([O-])[O-].[Co+2].[OH3+].c1ccc(-c2cnc[nH]2)cc1.c1ccc(-c2cnc[nH]2)cc1.c1ccc(-c2cnc[nH]2)cc1.c1ccc(-c2cnc[nH]2)cc1. The van der Waals surface area contributed by atoms with Crippen LogP contribution < -0.4 is 0 Å². The first kappa shape index (κ1) is 49.1. The molecule has 19 heteroatoms. The zero-order valence-corrected chi connectivity index (χ0v) is 31.2. The minimum Gasteiger partial charge on any atom is -0.457 e. The summed E-state index contributed by atoms with van der Waals surface area (Å²) in [4.78, 5) is 44.4. The number of H-pyrrole nitrogens is 4. The van der Waals surface area contributed by atoms with E-state index in [2.05, 4.69) is 39.9 Å². The van der Waals surface area contributed by atoms with E-state index in [0.29, 0.717) is 0 Å². The Morgan fingerprint density at radius 1 is 0.456 bits per heavy atom. The molecule has 4 aromatic carbocycles. The number of hydrogen-bond acceptors (Lipinski definition) is 11. The third-order valence-electron chi connectivity index (χ3n) is 6.33. The average Bonchev–Trinajstić information content (AvgIpc) is 4.06. The fourth-order valence-electron chi connectivity index (χ4n) is 4.13. The molecule has 0 aliphatic carbocycles. The molecule has 8 rings (SSSR count). The third kappa shape index (κ3) is 22.0. The first-order valence-corrected chi connectivity index (χ1v) is 15.8. The van der Waals surface area contributed by atoms with Gasteiger partial charge in [-0.2, -0.15) is 5.26 Å². The van der Waals surface area contributed by atoms with Gasteiger partial charge in [0.1, 0.15) is 0 Å². The number of aromatic amines is 4. The van der Waals surface area contributed by atoms with Crippen LogP contribution in [0.15, 0.2) is 171 Å². The van der Waals surface area contributed by atoms with Crippen LogP contribution in [0, 0.1) is 42.0 Å². The van der Waals surface area contributed by atoms with Crippen molar-refractivity contribution in [1.29, 1.82) is 5.26 Å². The Kier molecular flexibility index (Phi) is 26.3. The van der Waals surface area contributed by atoms with Gasteiger partial charge in [-0.1, -0.05) is 121 Å². The largest absolute Gasteiger partial charge is 2.00 e. The van der Waals surface area contributed by atoms with Gasteiger partial charge in [0.05, 0.1) is 89.1 Å². The van der Waals surface area contributed by atoms with Crippen LogP contribution in [0.3, 0.4) is 0 Å². The first-order chi connectivity index (χ1) is 26.7. The summed E-state index contributed by atoms with van der Waals surface area (Å²) in [7, 11) is 0. The quantitative estimate of drug-likeness (QED) is 0.0768. The molecule has 0 spiro atoms. The van der Waals surface area contributed by atoms with Crippen molar-refractivity contribution in [2.75, 3.05) is 0 Å². The van der Waals surface area contributed by atoms with Crippen molar-refractivity contribution in [3.8, 4) is 51.1 Å². The van der Waals surface area contributed by atoms with Gasteiger partial charge in [0.15, 0.2) is 0 Å². The molecule has 18 nitrogen and oxygen atoms in total. The van der Waals surface area contributed by atoms with Gasteiger partial charge in [-0.3, -0.25) is 0 Å². The van der Waals surface area contributed by atoms with E-state index in [4.69, 9.17) is 35.9 Å². The van der Waals surface area contributed by atoms with E-state index in [-0.39, 0.29) is 22.3 Å². The fraction of sp³-hybridized carbons (Fsp3) is 0.0263. The molecule has 0 fully saturated rings. The second-order valence-electron chi connectivity index (χ2n) is 10.00. The van der Waals surface area contributed by atoms with E-state index < -0.39 is 10.2 Å². The Morgan fingerprint density at radius 2 is 0.614 bits per heavy atom. The topological polar surface area (TPSA) is 304 Å². The van der Waals surface area contributed by atoms with Crippen molar-refractivity contribution in [3.05, 3.63) is 202 Å². The Bertz CT molecular complexity index is 1840. The molecule has 0 unspecified atom stereocenters. The van der Waals surface area contributed by atoms with E-state index in [1.54, 1.807) is 31.4 Å². The zero-order chi connectivity index (χ0) is 39.9. The minimum absolute atomic E-state index is 0. The molecule has 8 aromatic rings. The second-order valence-corrected chi connectivity index (χ2v) is 10.00. The zero-order valence-electron chi connectivity index (χ0n) is 30.2. The third-order valence-corrected chi connectivity index (χ3v) is 6.33. The number of nitriles is 1. The maximum atomic E-state index is 8.25. The van der Waals surface area contributed by atoms with E-state index >= 15 is 0 Å². The summed E-state index contributed by atoms with van der Waals surface area (Å²) in [6.07, 6.45) is 14.0. The monoisotopic (exact) mass is 819 g/mol. The first-order valence-electron chi connectivity index (χ1n) is 15.8. The Labute approximate surface area is 336 Å². The number of hydrogen-bond donors (Lipinski definition) is 4. The summed E-state index contributed by atoms with van der Waals surface area (Å²) < 4.78 is 0. The van der Waals surface area contributed by atoms with Crippen LogP contribution in [-0.4, -0.2) is 50.0 Å². The van der Waals surface area contributed by atoms with Gasteiger partial charge in [-0.15, -0.1) is 0 Å². The molecule has 295 valence electrons. The molecular weight excluding hydrogens is 781 g/mol. The summed E-state index contributed by atoms with van der Waals surface area (Å²) in [5.41, 5.74) is 8.93. The molecule has 0 bridgehead atoms. The van der Waals surface area contributed by atoms with Crippen LogP contribution in [0.2, 0.25) is 0 Å². The number of imidazole rings is 4. The molecule has 0 amide bonds. The Balaban J connectivity index is 0.000000668. The molecule has 0 atom stereocenters. The molecule has 4 heterocycles. The maximum Gasteiger partial charge on any atom is 2.00 e. The van der Waals surface area contributed by atoms with Gasteiger partial charge < -0.3 is 56.1 Å². The molecule has 0 saturated carbocycles. The van der Waals surface area contributed by atoms with Crippen molar-refractivity contribution in [3.63, 3.8) is 0 Å². The van der Waals surface area contributed by atoms with Crippen molar-refractivity contribution in [2.45, 2.75) is 6.92 Å². The van der Waals surface area contributed by atoms with Crippen LogP contribution >= 0.6 is 0 Å². The van der Waals surface area contributed by atoms with Gasteiger partial charge in [-0.05, 0) is 22.3 Å². The molecule has 1 radical (unpaired) electrons. The van der Waals surface area contributed by atoms with Gasteiger partial charge in [0.2, 0.25) is 0 Å². The van der Waals surface area contributed by atoms with Crippen LogP contribution in [0.1, 0.15) is 6.92 Å². The van der Waals surface area contributed by atoms with Crippen LogP contribution in [0.4, 0.5) is 0 Å². The van der Waals surface area contributed by atoms with Crippen LogP contribution in [-0.2, 0) is 22.3 Å². The maximum absolute atomic E-state index is 8.25. The molecule has 0 aliphatic rings. The van der Waals surface area contributed by atoms with E-state index in [0.717, 1.165) is 22.8 Å². The standard InChI is InChI=1S/4C9H8N2.C2H3N.Co.2NO3.H2O/c4*1-2-4-8(5-3-1)9-6-10-7-11-9;1-2-3;;2*2-1(3)4;/h4*1-7H,(H,10,11);1H3;;;;1H2/q;;;;;+2;2*-1;/p+1. The Morgan fingerprint density at radius 3 is 0.737 bits per heavy atom. The van der Waals surface area contributed by atoms with Gasteiger partial charge >= 0.3 is 16.8 Å². The molecule has 0 aliphatic heterocycles. The van der Waals surface area contributed by atoms with E-state index in [9.17, 15) is 0 Å². The summed E-state index contributed by atoms with van der Waals surface area (Å²) in [6, 6.07) is 42.2. The van der Waals surface area contributed by atoms with Crippen molar-refractivity contribution < 1.29 is 32.4 Å². The molecule has 4 aromatic heterocycles. The second kappa shape index (κ2) is 30.5. The van der Waals surface area contributed by atoms with Gasteiger partial charge in [0.25, 0.3) is 0 Å². The van der Waals surface area contributed by atoms with Crippen molar-refractivity contribution in [2.24, 2.45) is 0 Å². The summed E-state index contributed by atoms with van der Waals surface area (Å²) in [5, 5.41) is 36.8. The van der Waals surface area contributed by atoms with Crippen molar-refractivity contribution in [1.82, 2.24) is 39.9 Å². The Hall–Kier alpha value is -7.92. The van der Waals surface area contributed by atoms with Gasteiger partial charge in [-0.25, -0.2) is 19.9 Å². The van der Waals surface area contributed by atoms with Crippen molar-refractivity contribution >= 4 is 0 Å². The number of rotatable bonds is 4.